The number of rotatable bonds is 5. The summed E-state index contributed by atoms with van der Waals surface area (Å²) in [5.74, 6) is -2.29. The lowest BCUT2D eigenvalue weighted by molar-refractivity contribution is -0.124. The van der Waals surface area contributed by atoms with E-state index in [0.29, 0.717) is 17.6 Å². The fourth-order valence-electron chi connectivity index (χ4n) is 2.31. The second-order valence-electron chi connectivity index (χ2n) is 5.50. The Balaban J connectivity index is 1.44. The average Bonchev–Trinajstić information content (AvgIpc) is 2.64. The maximum absolute atomic E-state index is 13.5. The number of halogens is 2. The van der Waals surface area contributed by atoms with Crippen molar-refractivity contribution >= 4 is 11.9 Å². The quantitative estimate of drug-likeness (QED) is 0.824. The smallest absolute Gasteiger partial charge is 0.341 e. The Hall–Kier alpha value is -3.16. The van der Waals surface area contributed by atoms with E-state index >= 15 is 0 Å². The number of fused-ring (bicyclic) bond motifs is 1. The SMILES string of the molecule is O=C(COC(=O)c1ccc(F)cc1F)NC[C@H]1COc2ccccc2O1. The van der Waals surface area contributed by atoms with Gasteiger partial charge in [-0.1, -0.05) is 12.1 Å². The summed E-state index contributed by atoms with van der Waals surface area (Å²) in [4.78, 5) is 23.5. The Bertz CT molecular complexity index is 827. The van der Waals surface area contributed by atoms with Crippen LogP contribution in [0.1, 0.15) is 10.4 Å². The summed E-state index contributed by atoms with van der Waals surface area (Å²) in [7, 11) is 0. The number of benzene rings is 2. The molecule has 6 nitrogen and oxygen atoms in total. The number of hydrogen-bond donors (Lipinski definition) is 1. The molecule has 0 radical (unpaired) electrons. The van der Waals surface area contributed by atoms with Gasteiger partial charge in [-0.15, -0.1) is 0 Å². The van der Waals surface area contributed by atoms with Crippen molar-refractivity contribution in [2.24, 2.45) is 0 Å². The highest BCUT2D eigenvalue weighted by atomic mass is 19.1. The molecule has 0 aliphatic carbocycles. The predicted octanol–water partition coefficient (Wildman–Crippen LogP) is 2.08. The first-order valence-corrected chi connectivity index (χ1v) is 7.80. The monoisotopic (exact) mass is 363 g/mol. The number of hydrogen-bond acceptors (Lipinski definition) is 5. The molecule has 1 heterocycles. The number of carbonyl (C=O) groups is 2. The van der Waals surface area contributed by atoms with Gasteiger partial charge in [0, 0.05) is 6.07 Å². The molecule has 3 rings (SSSR count). The first kappa shape index (κ1) is 17.7. The first-order chi connectivity index (χ1) is 12.5. The van der Waals surface area contributed by atoms with Crippen molar-refractivity contribution < 1.29 is 32.6 Å². The minimum Gasteiger partial charge on any atom is -0.486 e. The van der Waals surface area contributed by atoms with Crippen LogP contribution in [0.2, 0.25) is 0 Å². The van der Waals surface area contributed by atoms with Gasteiger partial charge in [0.1, 0.15) is 24.3 Å². The van der Waals surface area contributed by atoms with Gasteiger partial charge in [0.05, 0.1) is 12.1 Å². The molecule has 2 aromatic carbocycles. The van der Waals surface area contributed by atoms with E-state index in [1.54, 1.807) is 18.2 Å². The summed E-state index contributed by atoms with van der Waals surface area (Å²) in [5, 5.41) is 2.54. The second-order valence-corrected chi connectivity index (χ2v) is 5.50. The summed E-state index contributed by atoms with van der Waals surface area (Å²) in [6, 6.07) is 9.60. The van der Waals surface area contributed by atoms with E-state index in [1.165, 1.54) is 0 Å². The number of carbonyl (C=O) groups excluding carboxylic acids is 2. The summed E-state index contributed by atoms with van der Waals surface area (Å²) in [6.45, 7) is -0.187. The summed E-state index contributed by atoms with van der Waals surface area (Å²) in [6.07, 6.45) is -0.390. The van der Waals surface area contributed by atoms with E-state index in [0.717, 1.165) is 12.1 Å². The Morgan fingerprint density at radius 1 is 1.15 bits per heavy atom. The average molecular weight is 363 g/mol. The lowest BCUT2D eigenvalue weighted by atomic mass is 10.2. The summed E-state index contributed by atoms with van der Waals surface area (Å²) >= 11 is 0. The maximum Gasteiger partial charge on any atom is 0.341 e. The van der Waals surface area contributed by atoms with Gasteiger partial charge in [-0.3, -0.25) is 4.79 Å². The molecule has 2 aromatic rings. The Morgan fingerprint density at radius 2 is 1.92 bits per heavy atom. The molecule has 0 saturated carbocycles. The molecule has 136 valence electrons. The van der Waals surface area contributed by atoms with Crippen molar-refractivity contribution in [2.75, 3.05) is 19.8 Å². The van der Waals surface area contributed by atoms with Gasteiger partial charge in [-0.05, 0) is 24.3 Å². The Morgan fingerprint density at radius 3 is 2.69 bits per heavy atom. The number of amides is 1. The third-order valence-corrected chi connectivity index (χ3v) is 3.58. The molecule has 1 aliphatic heterocycles. The van der Waals surface area contributed by atoms with Crippen LogP contribution in [0.3, 0.4) is 0 Å². The molecular formula is C18H15F2NO5. The van der Waals surface area contributed by atoms with E-state index in [1.807, 2.05) is 6.07 Å². The van der Waals surface area contributed by atoms with Crippen molar-refractivity contribution in [1.29, 1.82) is 0 Å². The Labute approximate surface area is 147 Å². The van der Waals surface area contributed by atoms with E-state index < -0.39 is 35.7 Å². The molecule has 0 fully saturated rings. The minimum atomic E-state index is -1.05. The highest BCUT2D eigenvalue weighted by Crippen LogP contribution is 2.30. The zero-order valence-corrected chi connectivity index (χ0v) is 13.5. The number of esters is 1. The molecule has 1 amide bonds. The van der Waals surface area contributed by atoms with Crippen molar-refractivity contribution in [3.8, 4) is 11.5 Å². The Kier molecular flexibility index (Phi) is 5.31. The molecular weight excluding hydrogens is 348 g/mol. The molecule has 0 aromatic heterocycles. The van der Waals surface area contributed by atoms with Gasteiger partial charge in [0.2, 0.25) is 0 Å². The topological polar surface area (TPSA) is 73.9 Å². The van der Waals surface area contributed by atoms with Crippen LogP contribution < -0.4 is 14.8 Å². The molecule has 1 N–H and O–H groups in total. The van der Waals surface area contributed by atoms with Gasteiger partial charge < -0.3 is 19.5 Å². The molecule has 26 heavy (non-hydrogen) atoms. The van der Waals surface area contributed by atoms with Crippen LogP contribution in [0.25, 0.3) is 0 Å². The third kappa shape index (κ3) is 4.27. The molecule has 1 aliphatic rings. The largest absolute Gasteiger partial charge is 0.486 e. The van der Waals surface area contributed by atoms with Crippen molar-refractivity contribution in [2.45, 2.75) is 6.10 Å². The normalized spacial score (nSPS) is 15.2. The van der Waals surface area contributed by atoms with E-state index in [2.05, 4.69) is 5.32 Å². The number of para-hydroxylation sites is 2. The van der Waals surface area contributed by atoms with Gasteiger partial charge in [0.15, 0.2) is 18.1 Å². The number of nitrogens with one attached hydrogen (secondary N) is 1. The predicted molar refractivity (Wildman–Crippen MR) is 86.0 cm³/mol. The van der Waals surface area contributed by atoms with Gasteiger partial charge in [-0.25, -0.2) is 13.6 Å². The van der Waals surface area contributed by atoms with Gasteiger partial charge >= 0.3 is 5.97 Å². The first-order valence-electron chi connectivity index (χ1n) is 7.80. The van der Waals surface area contributed by atoms with E-state index in [4.69, 9.17) is 14.2 Å². The standard InChI is InChI=1S/C18H15F2NO5/c19-11-5-6-13(14(20)7-11)18(23)25-10-17(22)21-8-12-9-24-15-3-1-2-4-16(15)26-12/h1-7,12H,8-10H2,(H,21,22)/t12-/m0/s1. The van der Waals surface area contributed by atoms with Crippen molar-refractivity contribution in [1.82, 2.24) is 5.32 Å². The third-order valence-electron chi connectivity index (χ3n) is 3.58. The van der Waals surface area contributed by atoms with Crippen LogP contribution >= 0.6 is 0 Å². The minimum absolute atomic E-state index is 0.148. The lowest BCUT2D eigenvalue weighted by Gasteiger charge is -2.26. The summed E-state index contributed by atoms with van der Waals surface area (Å²) in [5.41, 5.74) is -0.445. The molecule has 0 unspecified atom stereocenters. The van der Waals surface area contributed by atoms with E-state index in [9.17, 15) is 18.4 Å². The fourth-order valence-corrected chi connectivity index (χ4v) is 2.31. The van der Waals surface area contributed by atoms with Crippen LogP contribution in [0.4, 0.5) is 8.78 Å². The van der Waals surface area contributed by atoms with Crippen LogP contribution in [-0.2, 0) is 9.53 Å². The van der Waals surface area contributed by atoms with Gasteiger partial charge in [-0.2, -0.15) is 0 Å². The molecule has 0 spiro atoms. The highest BCUT2D eigenvalue weighted by Gasteiger charge is 2.21. The maximum atomic E-state index is 13.5. The zero-order valence-electron chi connectivity index (χ0n) is 13.5. The van der Waals surface area contributed by atoms with Crippen molar-refractivity contribution in [3.05, 3.63) is 59.7 Å². The summed E-state index contributed by atoms with van der Waals surface area (Å²) < 4.78 is 42.2. The van der Waals surface area contributed by atoms with Crippen LogP contribution in [0.15, 0.2) is 42.5 Å². The fraction of sp³-hybridized carbons (Fsp3) is 0.222. The van der Waals surface area contributed by atoms with Crippen LogP contribution in [0.5, 0.6) is 11.5 Å². The highest BCUT2D eigenvalue weighted by molar-refractivity contribution is 5.91. The second kappa shape index (κ2) is 7.81. The molecule has 8 heteroatoms. The number of ether oxygens (including phenoxy) is 3. The zero-order chi connectivity index (χ0) is 18.5. The van der Waals surface area contributed by atoms with Crippen LogP contribution in [0, 0.1) is 11.6 Å². The molecule has 1 atom stereocenters. The van der Waals surface area contributed by atoms with Crippen LogP contribution in [-0.4, -0.2) is 37.7 Å². The molecule has 0 saturated heterocycles. The van der Waals surface area contributed by atoms with Gasteiger partial charge in [0.25, 0.3) is 5.91 Å². The van der Waals surface area contributed by atoms with E-state index in [-0.39, 0.29) is 19.3 Å². The molecule has 0 bridgehead atoms. The lowest BCUT2D eigenvalue weighted by Crippen LogP contribution is -2.42. The van der Waals surface area contributed by atoms with Crippen molar-refractivity contribution in [3.63, 3.8) is 0 Å².